The van der Waals surface area contributed by atoms with Crippen molar-refractivity contribution < 1.29 is 48.2 Å². The van der Waals surface area contributed by atoms with Gasteiger partial charge in [-0.05, 0) is 12.1 Å². The number of ether oxygens (including phenoxy) is 1. The van der Waals surface area contributed by atoms with E-state index in [1.165, 1.54) is 36.4 Å². The maximum absolute atomic E-state index is 12.1. The number of carbonyl (C=O) groups excluding carboxylic acids is 7. The molecule has 1 aliphatic rings. The number of amides is 6. The van der Waals surface area contributed by atoms with E-state index in [0.29, 0.717) is 11.8 Å². The van der Waals surface area contributed by atoms with Crippen LogP contribution in [0.3, 0.4) is 0 Å². The minimum Gasteiger partial charge on any atom is -0.478 e. The molecule has 0 unspecified atom stereocenters. The van der Waals surface area contributed by atoms with Crippen molar-refractivity contribution in [3.63, 3.8) is 0 Å². The van der Waals surface area contributed by atoms with Gasteiger partial charge in [0.05, 0.1) is 50.7 Å². The largest absolute Gasteiger partial charge is 0.478 e. The number of imide groups is 1. The standard InChI is InChI=1S/C24H27N5O10S/c30-17(25-6-8-39-9-7-29-21(34)4-5-22(29)35)11-26-18(31)12-27-19(32)13-28-20(33)14-40-24(38)16-3-1-2-15(10-16)23(36)37/h1-5,10H,6-9,11-14H2,(H,25,30)(H,26,31)(H,27,32)(H,28,33)(H,36,37). The molecule has 1 aromatic carbocycles. The van der Waals surface area contributed by atoms with E-state index in [0.717, 1.165) is 4.90 Å². The molecule has 0 fully saturated rings. The zero-order valence-corrected chi connectivity index (χ0v) is 21.9. The lowest BCUT2D eigenvalue weighted by Crippen LogP contribution is -2.44. The third-order valence-electron chi connectivity index (χ3n) is 4.95. The van der Waals surface area contributed by atoms with Crippen molar-refractivity contribution in [2.45, 2.75) is 0 Å². The molecular formula is C24H27N5O10S. The van der Waals surface area contributed by atoms with Gasteiger partial charge < -0.3 is 31.1 Å². The number of nitrogens with zero attached hydrogens (tertiary/aromatic N) is 1. The van der Waals surface area contributed by atoms with Gasteiger partial charge in [-0.1, -0.05) is 23.9 Å². The second-order valence-corrected chi connectivity index (χ2v) is 8.86. The molecule has 40 heavy (non-hydrogen) atoms. The molecule has 0 aromatic heterocycles. The van der Waals surface area contributed by atoms with E-state index >= 15 is 0 Å². The molecule has 0 radical (unpaired) electrons. The Labute approximate surface area is 232 Å². The van der Waals surface area contributed by atoms with Gasteiger partial charge in [-0.15, -0.1) is 0 Å². The quantitative estimate of drug-likeness (QED) is 0.104. The Morgan fingerprint density at radius 1 is 0.775 bits per heavy atom. The normalized spacial score (nSPS) is 12.2. The highest BCUT2D eigenvalue weighted by molar-refractivity contribution is 8.14. The van der Waals surface area contributed by atoms with Crippen LogP contribution in [0.5, 0.6) is 0 Å². The Morgan fingerprint density at radius 3 is 1.93 bits per heavy atom. The fourth-order valence-corrected chi connectivity index (χ4v) is 3.60. The Kier molecular flexibility index (Phi) is 13.0. The van der Waals surface area contributed by atoms with Crippen molar-refractivity contribution in [1.29, 1.82) is 0 Å². The fraction of sp³-hybridized carbons (Fsp3) is 0.333. The Morgan fingerprint density at radius 2 is 1.32 bits per heavy atom. The lowest BCUT2D eigenvalue weighted by molar-refractivity contribution is -0.137. The SMILES string of the molecule is O=C(CNC(=O)CNC(=O)CNC(=O)CSC(=O)c1cccc(C(=O)O)c1)NCCOCCN1C(=O)C=CC1=O. The van der Waals surface area contributed by atoms with Gasteiger partial charge in [-0.2, -0.15) is 0 Å². The van der Waals surface area contributed by atoms with Crippen LogP contribution in [0.15, 0.2) is 36.4 Å². The van der Waals surface area contributed by atoms with Gasteiger partial charge in [0.1, 0.15) is 0 Å². The third kappa shape index (κ3) is 11.4. The molecular weight excluding hydrogens is 550 g/mol. The van der Waals surface area contributed by atoms with Crippen LogP contribution in [0.4, 0.5) is 0 Å². The molecule has 15 nitrogen and oxygen atoms in total. The zero-order chi connectivity index (χ0) is 29.5. The maximum atomic E-state index is 12.1. The average molecular weight is 578 g/mol. The van der Waals surface area contributed by atoms with Crippen molar-refractivity contribution in [3.8, 4) is 0 Å². The van der Waals surface area contributed by atoms with E-state index < -0.39 is 59.6 Å². The number of thioether (sulfide) groups is 1. The van der Waals surface area contributed by atoms with Crippen LogP contribution in [0.1, 0.15) is 20.7 Å². The van der Waals surface area contributed by atoms with E-state index in [-0.39, 0.29) is 49.7 Å². The summed E-state index contributed by atoms with van der Waals surface area (Å²) in [5.41, 5.74) is 0.0523. The molecule has 214 valence electrons. The summed E-state index contributed by atoms with van der Waals surface area (Å²) >= 11 is 0.638. The average Bonchev–Trinajstić information content (AvgIpc) is 3.26. The molecule has 0 bridgehead atoms. The lowest BCUT2D eigenvalue weighted by atomic mass is 10.1. The molecule has 0 spiro atoms. The van der Waals surface area contributed by atoms with Crippen molar-refractivity contribution in [2.24, 2.45) is 0 Å². The summed E-state index contributed by atoms with van der Waals surface area (Å²) in [5, 5.41) is 17.8. The minimum atomic E-state index is -1.19. The first-order valence-corrected chi connectivity index (χ1v) is 12.7. The lowest BCUT2D eigenvalue weighted by Gasteiger charge is -2.13. The maximum Gasteiger partial charge on any atom is 0.335 e. The minimum absolute atomic E-state index is 0.0651. The highest BCUT2D eigenvalue weighted by Crippen LogP contribution is 2.14. The zero-order valence-electron chi connectivity index (χ0n) is 21.1. The van der Waals surface area contributed by atoms with Gasteiger partial charge >= 0.3 is 5.97 Å². The number of carboxylic acid groups (broad SMARTS) is 1. The number of hydrogen-bond donors (Lipinski definition) is 5. The summed E-state index contributed by atoms with van der Waals surface area (Å²) in [5.74, 6) is -4.78. The van der Waals surface area contributed by atoms with Crippen LogP contribution in [-0.2, 0) is 33.5 Å². The molecule has 0 saturated heterocycles. The van der Waals surface area contributed by atoms with Crippen LogP contribution in [0.2, 0.25) is 0 Å². The van der Waals surface area contributed by atoms with Crippen LogP contribution in [-0.4, -0.2) is 108 Å². The number of hydrogen-bond acceptors (Lipinski definition) is 10. The van der Waals surface area contributed by atoms with Crippen molar-refractivity contribution in [2.75, 3.05) is 51.7 Å². The van der Waals surface area contributed by atoms with E-state index in [4.69, 9.17) is 9.84 Å². The smallest absolute Gasteiger partial charge is 0.335 e. The van der Waals surface area contributed by atoms with Gasteiger partial charge in [-0.25, -0.2) is 4.79 Å². The van der Waals surface area contributed by atoms with Gasteiger partial charge in [0.2, 0.25) is 28.7 Å². The molecule has 1 heterocycles. The van der Waals surface area contributed by atoms with Gasteiger partial charge in [0, 0.05) is 24.3 Å². The van der Waals surface area contributed by atoms with Crippen LogP contribution in [0, 0.1) is 0 Å². The molecule has 16 heteroatoms. The summed E-state index contributed by atoms with van der Waals surface area (Å²) in [4.78, 5) is 94.2. The Bertz CT molecular complexity index is 1180. The first-order valence-electron chi connectivity index (χ1n) is 11.8. The first kappa shape index (κ1) is 31.6. The predicted molar refractivity (Wildman–Crippen MR) is 139 cm³/mol. The van der Waals surface area contributed by atoms with Crippen molar-refractivity contribution in [1.82, 2.24) is 26.2 Å². The summed E-state index contributed by atoms with van der Waals surface area (Å²) in [7, 11) is 0. The van der Waals surface area contributed by atoms with Crippen molar-refractivity contribution in [3.05, 3.63) is 47.5 Å². The first-order chi connectivity index (χ1) is 19.1. The molecule has 0 atom stereocenters. The number of rotatable bonds is 16. The van der Waals surface area contributed by atoms with E-state index in [2.05, 4.69) is 21.3 Å². The highest BCUT2D eigenvalue weighted by atomic mass is 32.2. The fourth-order valence-electron chi connectivity index (χ4n) is 2.94. The summed E-state index contributed by atoms with van der Waals surface area (Å²) in [6.45, 7) is -0.804. The van der Waals surface area contributed by atoms with Gasteiger partial charge in [0.25, 0.3) is 11.8 Å². The molecule has 1 aromatic rings. The Hall–Kier alpha value is -4.57. The van der Waals surface area contributed by atoms with Crippen LogP contribution >= 0.6 is 11.8 Å². The number of carbonyl (C=O) groups is 8. The molecule has 0 saturated carbocycles. The van der Waals surface area contributed by atoms with Crippen LogP contribution < -0.4 is 21.3 Å². The summed E-state index contributed by atoms with van der Waals surface area (Å²) in [6, 6.07) is 5.35. The number of carboxylic acids is 1. The third-order valence-corrected chi connectivity index (χ3v) is 5.85. The highest BCUT2D eigenvalue weighted by Gasteiger charge is 2.22. The van der Waals surface area contributed by atoms with Gasteiger partial charge in [-0.3, -0.25) is 38.5 Å². The second kappa shape index (κ2) is 16.4. The van der Waals surface area contributed by atoms with E-state index in [1.54, 1.807) is 0 Å². The molecule has 6 amide bonds. The van der Waals surface area contributed by atoms with Crippen molar-refractivity contribution >= 4 is 58.3 Å². The van der Waals surface area contributed by atoms with Crippen LogP contribution in [0.25, 0.3) is 0 Å². The number of nitrogens with one attached hydrogen (secondary N) is 4. The molecule has 0 aliphatic carbocycles. The second-order valence-electron chi connectivity index (χ2n) is 7.92. The molecule has 1 aliphatic heterocycles. The monoisotopic (exact) mass is 577 g/mol. The topological polar surface area (TPSA) is 217 Å². The van der Waals surface area contributed by atoms with E-state index in [1.807, 2.05) is 0 Å². The van der Waals surface area contributed by atoms with E-state index in [9.17, 15) is 38.4 Å². The molecule has 5 N–H and O–H groups in total. The summed E-state index contributed by atoms with van der Waals surface area (Å²) < 4.78 is 5.24. The summed E-state index contributed by atoms with van der Waals surface area (Å²) in [6.07, 6.45) is 2.34. The predicted octanol–water partition coefficient (Wildman–Crippen LogP) is -2.34. The van der Waals surface area contributed by atoms with Gasteiger partial charge in [0.15, 0.2) is 0 Å². The Balaban J connectivity index is 1.50. The number of benzene rings is 1. The molecule has 2 rings (SSSR count). The number of aromatic carboxylic acids is 1.